The zero-order chi connectivity index (χ0) is 17.0. The van der Waals surface area contributed by atoms with Crippen molar-refractivity contribution >= 4 is 29.2 Å². The van der Waals surface area contributed by atoms with Crippen LogP contribution < -0.4 is 5.32 Å². The van der Waals surface area contributed by atoms with Crippen molar-refractivity contribution in [3.8, 4) is 0 Å². The van der Waals surface area contributed by atoms with Crippen LogP contribution in [0.25, 0.3) is 0 Å². The maximum absolute atomic E-state index is 12.4. The predicted molar refractivity (Wildman–Crippen MR) is 90.6 cm³/mol. The zero-order valence-corrected chi connectivity index (χ0v) is 14.6. The molecule has 1 fully saturated rings. The first-order valence-corrected chi connectivity index (χ1v) is 8.22. The lowest BCUT2D eigenvalue weighted by Crippen LogP contribution is -2.40. The number of nitrogens with zero attached hydrogens (tertiary/aromatic N) is 3. The highest BCUT2D eigenvalue weighted by molar-refractivity contribution is 6.31. The Labute approximate surface area is 141 Å². The SMILES string of the molecule is Cc1c(Cl)cncc1NC(=O)N1CCCN(C(=O)C(C)C)CC1. The molecule has 0 unspecified atom stereocenters. The number of hydrogen-bond acceptors (Lipinski definition) is 3. The highest BCUT2D eigenvalue weighted by Crippen LogP contribution is 2.21. The molecule has 0 atom stereocenters. The molecule has 23 heavy (non-hydrogen) atoms. The van der Waals surface area contributed by atoms with E-state index in [1.807, 2.05) is 25.7 Å². The topological polar surface area (TPSA) is 65.5 Å². The van der Waals surface area contributed by atoms with E-state index in [1.165, 1.54) is 0 Å². The van der Waals surface area contributed by atoms with Crippen molar-refractivity contribution in [2.45, 2.75) is 27.2 Å². The van der Waals surface area contributed by atoms with Gasteiger partial charge in [-0.1, -0.05) is 25.4 Å². The summed E-state index contributed by atoms with van der Waals surface area (Å²) in [5.74, 6) is 0.123. The molecule has 3 amide bonds. The fourth-order valence-corrected chi connectivity index (χ4v) is 2.68. The van der Waals surface area contributed by atoms with Gasteiger partial charge in [-0.15, -0.1) is 0 Å². The van der Waals surface area contributed by atoms with Gasteiger partial charge < -0.3 is 15.1 Å². The number of carbonyl (C=O) groups excluding carboxylic acids is 2. The Hall–Kier alpha value is -1.82. The number of urea groups is 1. The quantitative estimate of drug-likeness (QED) is 0.901. The number of nitrogens with one attached hydrogen (secondary N) is 1. The Kier molecular flexibility index (Phi) is 5.82. The van der Waals surface area contributed by atoms with E-state index in [4.69, 9.17) is 11.6 Å². The smallest absolute Gasteiger partial charge is 0.321 e. The van der Waals surface area contributed by atoms with Crippen molar-refractivity contribution in [3.63, 3.8) is 0 Å². The molecule has 1 aliphatic rings. The van der Waals surface area contributed by atoms with Crippen molar-refractivity contribution in [1.29, 1.82) is 0 Å². The number of pyridine rings is 1. The maximum Gasteiger partial charge on any atom is 0.321 e. The first kappa shape index (κ1) is 17.5. The van der Waals surface area contributed by atoms with Crippen LogP contribution in [0.4, 0.5) is 10.5 Å². The number of halogens is 1. The van der Waals surface area contributed by atoms with Crippen molar-refractivity contribution < 1.29 is 9.59 Å². The Balaban J connectivity index is 1.98. The number of hydrogen-bond donors (Lipinski definition) is 1. The van der Waals surface area contributed by atoms with Gasteiger partial charge in [0.25, 0.3) is 0 Å². The van der Waals surface area contributed by atoms with Crippen molar-refractivity contribution in [1.82, 2.24) is 14.8 Å². The van der Waals surface area contributed by atoms with Crippen LogP contribution in [0.3, 0.4) is 0 Å². The average Bonchev–Trinajstić information content (AvgIpc) is 2.77. The third-order valence-electron chi connectivity index (χ3n) is 3.98. The zero-order valence-electron chi connectivity index (χ0n) is 13.8. The fraction of sp³-hybridized carbons (Fsp3) is 0.562. The fourth-order valence-electron chi connectivity index (χ4n) is 2.53. The molecule has 0 spiro atoms. The van der Waals surface area contributed by atoms with Gasteiger partial charge in [-0.3, -0.25) is 9.78 Å². The Morgan fingerprint density at radius 3 is 2.52 bits per heavy atom. The summed E-state index contributed by atoms with van der Waals surface area (Å²) in [6, 6.07) is -0.184. The molecule has 0 aromatic carbocycles. The Bertz CT molecular complexity index is 591. The van der Waals surface area contributed by atoms with E-state index < -0.39 is 0 Å². The number of carbonyl (C=O) groups is 2. The highest BCUT2D eigenvalue weighted by atomic mass is 35.5. The molecular formula is C16H23ClN4O2. The summed E-state index contributed by atoms with van der Waals surface area (Å²) in [6.07, 6.45) is 3.91. The lowest BCUT2D eigenvalue weighted by atomic mass is 10.2. The maximum atomic E-state index is 12.4. The van der Waals surface area contributed by atoms with E-state index in [1.54, 1.807) is 17.3 Å². The third-order valence-corrected chi connectivity index (χ3v) is 4.37. The van der Waals surface area contributed by atoms with Crippen molar-refractivity contribution in [2.75, 3.05) is 31.5 Å². The molecule has 6 nitrogen and oxygen atoms in total. The molecule has 0 radical (unpaired) electrons. The van der Waals surface area contributed by atoms with Crippen LogP contribution in [0.2, 0.25) is 5.02 Å². The minimum atomic E-state index is -0.184. The van der Waals surface area contributed by atoms with Crippen LogP contribution in [0.1, 0.15) is 25.8 Å². The second kappa shape index (κ2) is 7.64. The molecule has 2 rings (SSSR count). The molecule has 0 aliphatic carbocycles. The van der Waals surface area contributed by atoms with Gasteiger partial charge in [-0.05, 0) is 18.9 Å². The summed E-state index contributed by atoms with van der Waals surface area (Å²) < 4.78 is 0. The lowest BCUT2D eigenvalue weighted by Gasteiger charge is -2.24. The van der Waals surface area contributed by atoms with Crippen LogP contribution in [-0.4, -0.2) is 52.9 Å². The van der Waals surface area contributed by atoms with E-state index >= 15 is 0 Å². The largest absolute Gasteiger partial charge is 0.341 e. The molecule has 1 aromatic heterocycles. The average molecular weight is 339 g/mol. The second-order valence-electron chi connectivity index (χ2n) is 6.04. The van der Waals surface area contributed by atoms with E-state index in [0.717, 1.165) is 12.0 Å². The highest BCUT2D eigenvalue weighted by Gasteiger charge is 2.23. The van der Waals surface area contributed by atoms with Crippen LogP contribution in [0.15, 0.2) is 12.4 Å². The molecule has 1 saturated heterocycles. The molecule has 126 valence electrons. The van der Waals surface area contributed by atoms with Crippen molar-refractivity contribution in [2.24, 2.45) is 5.92 Å². The monoisotopic (exact) mass is 338 g/mol. The first-order valence-electron chi connectivity index (χ1n) is 7.85. The Morgan fingerprint density at radius 2 is 1.83 bits per heavy atom. The molecule has 7 heteroatoms. The summed E-state index contributed by atoms with van der Waals surface area (Å²) in [5, 5.41) is 3.37. The minimum absolute atomic E-state index is 0.0180. The first-order chi connectivity index (χ1) is 10.9. The van der Waals surface area contributed by atoms with Crippen LogP contribution >= 0.6 is 11.6 Å². The summed E-state index contributed by atoms with van der Waals surface area (Å²) >= 11 is 6.02. The van der Waals surface area contributed by atoms with Gasteiger partial charge in [0.1, 0.15) is 0 Å². The molecule has 0 saturated carbocycles. The molecular weight excluding hydrogens is 316 g/mol. The number of amides is 3. The van der Waals surface area contributed by atoms with Crippen LogP contribution in [0.5, 0.6) is 0 Å². The van der Waals surface area contributed by atoms with Crippen LogP contribution in [-0.2, 0) is 4.79 Å². The van der Waals surface area contributed by atoms with Gasteiger partial charge in [0, 0.05) is 38.3 Å². The standard InChI is InChI=1S/C16H23ClN4O2/c1-11(2)15(22)20-5-4-6-21(8-7-20)16(23)19-14-10-18-9-13(17)12(14)3/h9-11H,4-8H2,1-3H3,(H,19,23). The van der Waals surface area contributed by atoms with Gasteiger partial charge >= 0.3 is 6.03 Å². The van der Waals surface area contributed by atoms with Gasteiger partial charge in [0.15, 0.2) is 0 Å². The normalized spacial score (nSPS) is 15.5. The summed E-state index contributed by atoms with van der Waals surface area (Å²) in [5.41, 5.74) is 1.41. The number of aromatic nitrogens is 1. The second-order valence-corrected chi connectivity index (χ2v) is 6.45. The summed E-state index contributed by atoms with van der Waals surface area (Å²) in [7, 11) is 0. The predicted octanol–water partition coefficient (Wildman–Crippen LogP) is 2.77. The molecule has 0 bridgehead atoms. The van der Waals surface area contributed by atoms with Gasteiger partial charge in [0.2, 0.25) is 5.91 Å². The van der Waals surface area contributed by atoms with Crippen molar-refractivity contribution in [3.05, 3.63) is 23.0 Å². The van der Waals surface area contributed by atoms with E-state index in [9.17, 15) is 9.59 Å². The van der Waals surface area contributed by atoms with Crippen LogP contribution in [0, 0.1) is 12.8 Å². The van der Waals surface area contributed by atoms with Gasteiger partial charge in [-0.25, -0.2) is 4.79 Å². The van der Waals surface area contributed by atoms with E-state index in [0.29, 0.717) is 36.9 Å². The minimum Gasteiger partial charge on any atom is -0.341 e. The molecule has 1 aromatic rings. The summed E-state index contributed by atoms with van der Waals surface area (Å²) in [4.78, 5) is 32.1. The van der Waals surface area contributed by atoms with E-state index in [2.05, 4.69) is 10.3 Å². The Morgan fingerprint density at radius 1 is 1.17 bits per heavy atom. The number of rotatable bonds is 2. The third kappa shape index (κ3) is 4.34. The van der Waals surface area contributed by atoms with Gasteiger partial charge in [-0.2, -0.15) is 0 Å². The number of anilines is 1. The van der Waals surface area contributed by atoms with Gasteiger partial charge in [0.05, 0.1) is 16.9 Å². The lowest BCUT2D eigenvalue weighted by molar-refractivity contribution is -0.134. The molecule has 1 N–H and O–H groups in total. The van der Waals surface area contributed by atoms with E-state index in [-0.39, 0.29) is 17.9 Å². The summed E-state index contributed by atoms with van der Waals surface area (Å²) in [6.45, 7) is 8.04. The molecule has 1 aliphatic heterocycles. The molecule has 2 heterocycles.